The van der Waals surface area contributed by atoms with Gasteiger partial charge >= 0.3 is 0 Å². The standard InChI is InChI=1S/C19H28N2/c1-17(2,3)13-18(4,5)21-16-11-19(12-16,14-20)15-9-7-6-8-10-15/h6-10,16,21H,11-13H2,1-5H3. The smallest absolute Gasteiger partial charge is 0.0852 e. The van der Waals surface area contributed by atoms with Gasteiger partial charge in [0.15, 0.2) is 0 Å². The summed E-state index contributed by atoms with van der Waals surface area (Å²) >= 11 is 0. The third-order valence-corrected chi connectivity index (χ3v) is 4.30. The third-order valence-electron chi connectivity index (χ3n) is 4.30. The van der Waals surface area contributed by atoms with Crippen LogP contribution < -0.4 is 5.32 Å². The summed E-state index contributed by atoms with van der Waals surface area (Å²) in [6, 6.07) is 13.2. The first-order valence-corrected chi connectivity index (χ1v) is 7.90. The SMILES string of the molecule is CC(C)(C)CC(C)(C)NC1CC(C#N)(c2ccccc2)C1. The zero-order valence-corrected chi connectivity index (χ0v) is 14.0. The lowest BCUT2D eigenvalue weighted by Crippen LogP contribution is -2.57. The Morgan fingerprint density at radius 2 is 1.71 bits per heavy atom. The van der Waals surface area contributed by atoms with E-state index < -0.39 is 0 Å². The fraction of sp³-hybridized carbons (Fsp3) is 0.632. The third kappa shape index (κ3) is 3.86. The Balaban J connectivity index is 1.98. The van der Waals surface area contributed by atoms with E-state index in [1.807, 2.05) is 18.2 Å². The van der Waals surface area contributed by atoms with E-state index in [0.717, 1.165) is 19.3 Å². The molecule has 0 amide bonds. The van der Waals surface area contributed by atoms with E-state index in [0.29, 0.717) is 11.5 Å². The van der Waals surface area contributed by atoms with Gasteiger partial charge in [-0.3, -0.25) is 0 Å². The molecule has 114 valence electrons. The highest BCUT2D eigenvalue weighted by Gasteiger charge is 2.47. The summed E-state index contributed by atoms with van der Waals surface area (Å²) < 4.78 is 0. The van der Waals surface area contributed by atoms with Gasteiger partial charge < -0.3 is 5.32 Å². The average molecular weight is 284 g/mol. The molecule has 0 aromatic heterocycles. The monoisotopic (exact) mass is 284 g/mol. The number of nitriles is 1. The van der Waals surface area contributed by atoms with E-state index in [1.54, 1.807) is 0 Å². The molecule has 1 N–H and O–H groups in total. The van der Waals surface area contributed by atoms with Gasteiger partial charge in [-0.05, 0) is 44.1 Å². The van der Waals surface area contributed by atoms with Gasteiger partial charge in [0.1, 0.15) is 0 Å². The van der Waals surface area contributed by atoms with Crippen LogP contribution in [0.5, 0.6) is 0 Å². The summed E-state index contributed by atoms with van der Waals surface area (Å²) in [7, 11) is 0. The Morgan fingerprint density at radius 1 is 1.14 bits per heavy atom. The largest absolute Gasteiger partial charge is 0.309 e. The van der Waals surface area contributed by atoms with E-state index >= 15 is 0 Å². The summed E-state index contributed by atoms with van der Waals surface area (Å²) in [5.74, 6) is 0. The molecule has 0 spiro atoms. The van der Waals surface area contributed by atoms with Crippen molar-refractivity contribution in [3.05, 3.63) is 35.9 Å². The van der Waals surface area contributed by atoms with Crippen LogP contribution in [0.3, 0.4) is 0 Å². The fourth-order valence-corrected chi connectivity index (χ4v) is 3.96. The molecule has 2 rings (SSSR count). The maximum absolute atomic E-state index is 9.61. The normalized spacial score (nSPS) is 26.0. The first-order valence-electron chi connectivity index (χ1n) is 7.90. The number of rotatable bonds is 4. The number of nitrogens with one attached hydrogen (secondary N) is 1. The molecular weight excluding hydrogens is 256 g/mol. The minimum Gasteiger partial charge on any atom is -0.309 e. The maximum atomic E-state index is 9.61. The van der Waals surface area contributed by atoms with Gasteiger partial charge in [-0.2, -0.15) is 5.26 Å². The minimum atomic E-state index is -0.281. The van der Waals surface area contributed by atoms with Crippen LogP contribution in [-0.4, -0.2) is 11.6 Å². The second-order valence-electron chi connectivity index (χ2n) is 8.43. The lowest BCUT2D eigenvalue weighted by Gasteiger charge is -2.47. The van der Waals surface area contributed by atoms with Crippen LogP contribution in [0.15, 0.2) is 30.3 Å². The number of nitrogens with zero attached hydrogens (tertiary/aromatic N) is 1. The van der Waals surface area contributed by atoms with Gasteiger partial charge in [-0.1, -0.05) is 51.1 Å². The molecule has 0 atom stereocenters. The molecule has 0 aliphatic heterocycles. The molecule has 0 unspecified atom stereocenters. The Labute approximate surface area is 129 Å². The second-order valence-corrected chi connectivity index (χ2v) is 8.43. The molecule has 1 fully saturated rings. The van der Waals surface area contributed by atoms with E-state index in [1.165, 1.54) is 5.56 Å². The fourth-order valence-electron chi connectivity index (χ4n) is 3.96. The molecule has 0 bridgehead atoms. The average Bonchev–Trinajstić information content (AvgIpc) is 2.31. The molecule has 1 aromatic rings. The van der Waals surface area contributed by atoms with Crippen molar-refractivity contribution >= 4 is 0 Å². The van der Waals surface area contributed by atoms with Crippen molar-refractivity contribution in [2.45, 2.75) is 70.9 Å². The summed E-state index contributed by atoms with van der Waals surface area (Å²) in [4.78, 5) is 0. The summed E-state index contributed by atoms with van der Waals surface area (Å²) in [5.41, 5.74) is 1.31. The van der Waals surface area contributed by atoms with Crippen molar-refractivity contribution in [3.8, 4) is 6.07 Å². The molecule has 1 aliphatic carbocycles. The van der Waals surface area contributed by atoms with Crippen LogP contribution >= 0.6 is 0 Å². The summed E-state index contributed by atoms with van der Waals surface area (Å²) in [6.45, 7) is 11.4. The molecule has 0 heterocycles. The van der Waals surface area contributed by atoms with Gasteiger partial charge in [0.2, 0.25) is 0 Å². The molecule has 1 aromatic carbocycles. The zero-order valence-electron chi connectivity index (χ0n) is 14.0. The van der Waals surface area contributed by atoms with Gasteiger partial charge in [-0.15, -0.1) is 0 Å². The number of hydrogen-bond acceptors (Lipinski definition) is 2. The van der Waals surface area contributed by atoms with Crippen molar-refractivity contribution in [2.24, 2.45) is 5.41 Å². The van der Waals surface area contributed by atoms with Gasteiger partial charge in [0.25, 0.3) is 0 Å². The molecular formula is C19H28N2. The van der Waals surface area contributed by atoms with Gasteiger partial charge in [0, 0.05) is 11.6 Å². The van der Waals surface area contributed by atoms with Crippen molar-refractivity contribution in [1.82, 2.24) is 5.32 Å². The Hall–Kier alpha value is -1.33. The van der Waals surface area contributed by atoms with Crippen molar-refractivity contribution in [1.29, 1.82) is 5.26 Å². The molecule has 21 heavy (non-hydrogen) atoms. The van der Waals surface area contributed by atoms with Crippen LogP contribution in [0.2, 0.25) is 0 Å². The number of hydrogen-bond donors (Lipinski definition) is 1. The second kappa shape index (κ2) is 5.46. The first-order chi connectivity index (χ1) is 9.66. The highest BCUT2D eigenvalue weighted by Crippen LogP contribution is 2.44. The lowest BCUT2D eigenvalue weighted by atomic mass is 9.62. The van der Waals surface area contributed by atoms with Crippen molar-refractivity contribution < 1.29 is 0 Å². The lowest BCUT2D eigenvalue weighted by molar-refractivity contribution is 0.150. The number of benzene rings is 1. The molecule has 1 aliphatic rings. The Kier molecular flexibility index (Phi) is 4.17. The van der Waals surface area contributed by atoms with Crippen LogP contribution in [-0.2, 0) is 5.41 Å². The van der Waals surface area contributed by atoms with E-state index in [4.69, 9.17) is 0 Å². The Morgan fingerprint density at radius 3 is 2.19 bits per heavy atom. The van der Waals surface area contributed by atoms with Crippen LogP contribution in [0.25, 0.3) is 0 Å². The quantitative estimate of drug-likeness (QED) is 0.888. The van der Waals surface area contributed by atoms with Crippen LogP contribution in [0, 0.1) is 16.7 Å². The molecule has 1 saturated carbocycles. The molecule has 2 heteroatoms. The van der Waals surface area contributed by atoms with Crippen molar-refractivity contribution in [3.63, 3.8) is 0 Å². The predicted octanol–water partition coefficient (Wildman–Crippen LogP) is 4.41. The van der Waals surface area contributed by atoms with E-state index in [2.05, 4.69) is 58.1 Å². The first kappa shape index (κ1) is 16.0. The topological polar surface area (TPSA) is 35.8 Å². The summed E-state index contributed by atoms with van der Waals surface area (Å²) in [6.07, 6.45) is 2.96. The van der Waals surface area contributed by atoms with Gasteiger partial charge in [-0.25, -0.2) is 0 Å². The van der Waals surface area contributed by atoms with Crippen molar-refractivity contribution in [2.75, 3.05) is 0 Å². The van der Waals surface area contributed by atoms with Gasteiger partial charge in [0.05, 0.1) is 11.5 Å². The van der Waals surface area contributed by atoms with E-state index in [9.17, 15) is 5.26 Å². The summed E-state index contributed by atoms with van der Waals surface area (Å²) in [5, 5.41) is 13.4. The minimum absolute atomic E-state index is 0.112. The highest BCUT2D eigenvalue weighted by atomic mass is 15.0. The van der Waals surface area contributed by atoms with Crippen LogP contribution in [0.4, 0.5) is 0 Å². The highest BCUT2D eigenvalue weighted by molar-refractivity contribution is 5.37. The van der Waals surface area contributed by atoms with Crippen LogP contribution in [0.1, 0.15) is 59.4 Å². The molecule has 0 saturated heterocycles. The van der Waals surface area contributed by atoms with E-state index in [-0.39, 0.29) is 11.0 Å². The Bertz CT molecular complexity index is 511. The molecule has 2 nitrogen and oxygen atoms in total. The molecule has 0 radical (unpaired) electrons. The maximum Gasteiger partial charge on any atom is 0.0852 e. The zero-order chi connectivity index (χ0) is 15.7. The predicted molar refractivity (Wildman–Crippen MR) is 88.0 cm³/mol.